The summed E-state index contributed by atoms with van der Waals surface area (Å²) in [6, 6.07) is 10.4. The van der Waals surface area contributed by atoms with Gasteiger partial charge in [-0.15, -0.1) is 0 Å². The van der Waals surface area contributed by atoms with Crippen LogP contribution in [0.3, 0.4) is 0 Å². The molecule has 1 fully saturated rings. The monoisotopic (exact) mass is 177 g/mol. The van der Waals surface area contributed by atoms with E-state index in [1.54, 1.807) is 0 Å². The zero-order chi connectivity index (χ0) is 9.10. The third kappa shape index (κ3) is 2.08. The van der Waals surface area contributed by atoms with Gasteiger partial charge in [0.25, 0.3) is 0 Å². The van der Waals surface area contributed by atoms with E-state index in [9.17, 15) is 0 Å². The molecule has 13 heavy (non-hydrogen) atoms. The van der Waals surface area contributed by atoms with Gasteiger partial charge in [0.2, 0.25) is 0 Å². The van der Waals surface area contributed by atoms with Crippen molar-refractivity contribution in [2.75, 3.05) is 26.7 Å². The second-order valence-electron chi connectivity index (χ2n) is 3.53. The van der Waals surface area contributed by atoms with E-state index >= 15 is 0 Å². The molecule has 2 nitrogen and oxygen atoms in total. The van der Waals surface area contributed by atoms with Crippen LogP contribution in [0.5, 0.6) is 0 Å². The zero-order valence-electron chi connectivity index (χ0n) is 7.94. The van der Waals surface area contributed by atoms with Crippen molar-refractivity contribution in [3.05, 3.63) is 35.9 Å². The Balaban J connectivity index is 2.08. The molecule has 1 unspecified atom stereocenters. The Morgan fingerprint density at radius 1 is 1.31 bits per heavy atom. The van der Waals surface area contributed by atoms with Gasteiger partial charge in [0, 0.05) is 13.1 Å². The molecule has 0 aliphatic carbocycles. The molecule has 1 heterocycles. The number of likely N-dealkylation sites (N-methyl/N-ethyl adjacent to an activating group) is 1. The number of benzene rings is 1. The molecule has 0 radical (unpaired) electrons. The van der Waals surface area contributed by atoms with E-state index in [1.165, 1.54) is 5.56 Å². The van der Waals surface area contributed by atoms with Gasteiger partial charge in [-0.25, -0.2) is 0 Å². The van der Waals surface area contributed by atoms with Gasteiger partial charge in [-0.1, -0.05) is 30.3 Å². The summed E-state index contributed by atoms with van der Waals surface area (Å²) < 4.78 is 5.69. The quantitative estimate of drug-likeness (QED) is 0.647. The SMILES string of the molecule is CN1CCOC(c2ccccc2)C1. The smallest absolute Gasteiger partial charge is 0.0952 e. The van der Waals surface area contributed by atoms with Gasteiger partial charge >= 0.3 is 0 Å². The fourth-order valence-corrected chi connectivity index (χ4v) is 1.65. The van der Waals surface area contributed by atoms with Crippen molar-refractivity contribution < 1.29 is 4.74 Å². The van der Waals surface area contributed by atoms with E-state index in [1.807, 2.05) is 6.07 Å². The molecule has 2 heteroatoms. The van der Waals surface area contributed by atoms with Gasteiger partial charge in [-0.05, 0) is 12.6 Å². The lowest BCUT2D eigenvalue weighted by Crippen LogP contribution is -2.35. The highest BCUT2D eigenvalue weighted by Crippen LogP contribution is 2.20. The van der Waals surface area contributed by atoms with Gasteiger partial charge in [-0.2, -0.15) is 0 Å². The molecule has 1 aliphatic rings. The van der Waals surface area contributed by atoms with Crippen LogP contribution in [0.25, 0.3) is 0 Å². The maximum absolute atomic E-state index is 5.69. The molecule has 1 aromatic carbocycles. The molecule has 0 saturated carbocycles. The van der Waals surface area contributed by atoms with E-state index < -0.39 is 0 Å². The third-order valence-electron chi connectivity index (χ3n) is 2.44. The molecule has 1 atom stereocenters. The van der Waals surface area contributed by atoms with Crippen molar-refractivity contribution in [3.63, 3.8) is 0 Å². The maximum Gasteiger partial charge on any atom is 0.0952 e. The van der Waals surface area contributed by atoms with Crippen LogP contribution < -0.4 is 0 Å². The summed E-state index contributed by atoms with van der Waals surface area (Å²) in [7, 11) is 2.14. The van der Waals surface area contributed by atoms with Gasteiger partial charge in [0.1, 0.15) is 0 Å². The normalized spacial score (nSPS) is 24.5. The number of hydrogen-bond acceptors (Lipinski definition) is 2. The van der Waals surface area contributed by atoms with Crippen molar-refractivity contribution in [3.8, 4) is 0 Å². The summed E-state index contributed by atoms with van der Waals surface area (Å²) in [6.07, 6.45) is 0.264. The van der Waals surface area contributed by atoms with Crippen molar-refractivity contribution >= 4 is 0 Å². The first-order valence-electron chi connectivity index (χ1n) is 4.71. The first-order valence-corrected chi connectivity index (χ1v) is 4.71. The van der Waals surface area contributed by atoms with E-state index in [4.69, 9.17) is 4.74 Å². The summed E-state index contributed by atoms with van der Waals surface area (Å²) >= 11 is 0. The van der Waals surface area contributed by atoms with Crippen LogP contribution >= 0.6 is 0 Å². The second-order valence-corrected chi connectivity index (χ2v) is 3.53. The van der Waals surface area contributed by atoms with Crippen LogP contribution in [-0.2, 0) is 4.74 Å². The van der Waals surface area contributed by atoms with Gasteiger partial charge in [0.05, 0.1) is 12.7 Å². The van der Waals surface area contributed by atoms with Crippen molar-refractivity contribution in [1.82, 2.24) is 4.90 Å². The first kappa shape index (κ1) is 8.73. The Bertz CT molecular complexity index is 260. The number of nitrogens with zero attached hydrogens (tertiary/aromatic N) is 1. The lowest BCUT2D eigenvalue weighted by Gasteiger charge is -2.30. The molecule has 0 spiro atoms. The average Bonchev–Trinajstić information content (AvgIpc) is 2.19. The minimum absolute atomic E-state index is 0.264. The largest absolute Gasteiger partial charge is 0.371 e. The molecule has 1 aromatic rings. The summed E-state index contributed by atoms with van der Waals surface area (Å²) in [5.41, 5.74) is 1.29. The predicted octanol–water partition coefficient (Wildman–Crippen LogP) is 1.69. The van der Waals surface area contributed by atoms with Crippen LogP contribution in [-0.4, -0.2) is 31.6 Å². The van der Waals surface area contributed by atoms with E-state index in [2.05, 4.69) is 36.2 Å². The number of ether oxygens (including phenoxy) is 1. The van der Waals surface area contributed by atoms with Crippen molar-refractivity contribution in [2.24, 2.45) is 0 Å². The Kier molecular flexibility index (Phi) is 2.62. The first-order chi connectivity index (χ1) is 6.36. The molecular formula is C11H15NO. The fourth-order valence-electron chi connectivity index (χ4n) is 1.65. The zero-order valence-corrected chi connectivity index (χ0v) is 7.94. The van der Waals surface area contributed by atoms with Gasteiger partial charge in [0.15, 0.2) is 0 Å². The van der Waals surface area contributed by atoms with Gasteiger partial charge in [-0.3, -0.25) is 0 Å². The topological polar surface area (TPSA) is 12.5 Å². The molecule has 1 aliphatic heterocycles. The molecule has 1 saturated heterocycles. The van der Waals surface area contributed by atoms with Crippen LogP contribution in [0, 0.1) is 0 Å². The Labute approximate surface area is 79.1 Å². The highest BCUT2D eigenvalue weighted by atomic mass is 16.5. The summed E-state index contributed by atoms with van der Waals surface area (Å²) in [6.45, 7) is 2.89. The van der Waals surface area contributed by atoms with Crippen LogP contribution in [0.2, 0.25) is 0 Å². The van der Waals surface area contributed by atoms with Crippen LogP contribution in [0.1, 0.15) is 11.7 Å². The highest BCUT2D eigenvalue weighted by Gasteiger charge is 2.18. The van der Waals surface area contributed by atoms with E-state index in [-0.39, 0.29) is 6.10 Å². The molecule has 0 bridgehead atoms. The molecule has 70 valence electrons. The Morgan fingerprint density at radius 3 is 2.77 bits per heavy atom. The third-order valence-corrected chi connectivity index (χ3v) is 2.44. The minimum Gasteiger partial charge on any atom is -0.371 e. The Morgan fingerprint density at radius 2 is 2.08 bits per heavy atom. The number of hydrogen-bond donors (Lipinski definition) is 0. The molecule has 0 amide bonds. The number of rotatable bonds is 1. The van der Waals surface area contributed by atoms with Crippen LogP contribution in [0.4, 0.5) is 0 Å². The lowest BCUT2D eigenvalue weighted by atomic mass is 10.1. The van der Waals surface area contributed by atoms with Gasteiger partial charge < -0.3 is 9.64 Å². The van der Waals surface area contributed by atoms with E-state index in [0.717, 1.165) is 19.7 Å². The molecule has 2 rings (SSSR count). The predicted molar refractivity (Wildman–Crippen MR) is 52.6 cm³/mol. The van der Waals surface area contributed by atoms with Crippen molar-refractivity contribution in [2.45, 2.75) is 6.10 Å². The summed E-state index contributed by atoms with van der Waals surface area (Å²) in [4.78, 5) is 2.31. The second kappa shape index (κ2) is 3.90. The standard InChI is InChI=1S/C11H15NO/c1-12-7-8-13-11(9-12)10-5-3-2-4-6-10/h2-6,11H,7-9H2,1H3. The highest BCUT2D eigenvalue weighted by molar-refractivity contribution is 5.18. The van der Waals surface area contributed by atoms with E-state index in [0.29, 0.717) is 0 Å². The minimum atomic E-state index is 0.264. The number of morpholine rings is 1. The van der Waals surface area contributed by atoms with Crippen molar-refractivity contribution in [1.29, 1.82) is 0 Å². The average molecular weight is 177 g/mol. The lowest BCUT2D eigenvalue weighted by molar-refractivity contribution is -0.0208. The summed E-state index contributed by atoms with van der Waals surface area (Å²) in [5.74, 6) is 0. The summed E-state index contributed by atoms with van der Waals surface area (Å²) in [5, 5.41) is 0. The molecule has 0 aromatic heterocycles. The fraction of sp³-hybridized carbons (Fsp3) is 0.455. The molecular weight excluding hydrogens is 162 g/mol. The van der Waals surface area contributed by atoms with Crippen LogP contribution in [0.15, 0.2) is 30.3 Å². The molecule has 0 N–H and O–H groups in total. The maximum atomic E-state index is 5.69. The Hall–Kier alpha value is -0.860.